The summed E-state index contributed by atoms with van der Waals surface area (Å²) < 4.78 is 13.6. The summed E-state index contributed by atoms with van der Waals surface area (Å²) in [4.78, 5) is 38.7. The van der Waals surface area contributed by atoms with Crippen molar-refractivity contribution in [2.24, 2.45) is 0 Å². The van der Waals surface area contributed by atoms with Crippen LogP contribution in [0.15, 0.2) is 42.5 Å². The molecule has 144 valence electrons. The van der Waals surface area contributed by atoms with Gasteiger partial charge in [0.2, 0.25) is 5.91 Å². The summed E-state index contributed by atoms with van der Waals surface area (Å²) >= 11 is 0. The Balaban J connectivity index is 1.44. The zero-order valence-corrected chi connectivity index (χ0v) is 15.4. The van der Waals surface area contributed by atoms with Gasteiger partial charge in [-0.15, -0.1) is 0 Å². The van der Waals surface area contributed by atoms with Gasteiger partial charge in [0.05, 0.1) is 0 Å². The molecule has 28 heavy (non-hydrogen) atoms. The molecule has 6 nitrogen and oxygen atoms in total. The molecular weight excluding hydrogens is 361 g/mol. The normalized spacial score (nSPS) is 20.4. The van der Waals surface area contributed by atoms with Crippen LogP contribution in [0.3, 0.4) is 0 Å². The average molecular weight is 381 g/mol. The number of nitrogens with zero attached hydrogens (tertiary/aromatic N) is 1. The van der Waals surface area contributed by atoms with Gasteiger partial charge in [-0.1, -0.05) is 36.4 Å². The van der Waals surface area contributed by atoms with E-state index in [1.807, 2.05) is 24.3 Å². The van der Waals surface area contributed by atoms with Crippen molar-refractivity contribution in [3.8, 4) is 0 Å². The molecular formula is C21H20FN3O3. The first-order chi connectivity index (χ1) is 13.4. The Morgan fingerprint density at radius 1 is 1.25 bits per heavy atom. The molecule has 1 atom stereocenters. The number of carbonyl (C=O) groups excluding carboxylic acids is 3. The van der Waals surface area contributed by atoms with Crippen molar-refractivity contribution in [3.05, 3.63) is 70.5 Å². The molecule has 2 aromatic rings. The number of benzene rings is 2. The van der Waals surface area contributed by atoms with Gasteiger partial charge in [0.25, 0.3) is 5.91 Å². The van der Waals surface area contributed by atoms with Crippen LogP contribution in [0.1, 0.15) is 28.7 Å². The number of rotatable bonds is 4. The molecule has 1 unspecified atom stereocenters. The maximum Gasteiger partial charge on any atom is 0.325 e. The number of hydrogen-bond donors (Lipinski definition) is 2. The van der Waals surface area contributed by atoms with Gasteiger partial charge in [0.15, 0.2) is 0 Å². The topological polar surface area (TPSA) is 78.5 Å². The largest absolute Gasteiger partial charge is 0.350 e. The van der Waals surface area contributed by atoms with E-state index in [1.165, 1.54) is 6.07 Å². The lowest BCUT2D eigenvalue weighted by Crippen LogP contribution is -2.43. The highest BCUT2D eigenvalue weighted by Crippen LogP contribution is 2.41. The molecule has 2 aromatic carbocycles. The van der Waals surface area contributed by atoms with Gasteiger partial charge < -0.3 is 10.6 Å². The first-order valence-electron chi connectivity index (χ1n) is 9.15. The van der Waals surface area contributed by atoms with Gasteiger partial charge in [-0.2, -0.15) is 0 Å². The number of urea groups is 1. The van der Waals surface area contributed by atoms with Gasteiger partial charge in [-0.25, -0.2) is 9.18 Å². The lowest BCUT2D eigenvalue weighted by atomic mass is 9.92. The second kappa shape index (κ2) is 6.74. The highest BCUT2D eigenvalue weighted by Gasteiger charge is 2.55. The van der Waals surface area contributed by atoms with E-state index in [0.717, 1.165) is 16.0 Å². The van der Waals surface area contributed by atoms with Gasteiger partial charge >= 0.3 is 6.03 Å². The molecule has 0 saturated carbocycles. The van der Waals surface area contributed by atoms with E-state index >= 15 is 0 Å². The first kappa shape index (κ1) is 18.2. The number of hydrogen-bond acceptors (Lipinski definition) is 3. The Morgan fingerprint density at radius 2 is 2.04 bits per heavy atom. The molecule has 1 spiro atoms. The third-order valence-electron chi connectivity index (χ3n) is 5.45. The van der Waals surface area contributed by atoms with Gasteiger partial charge in [-0.05, 0) is 48.1 Å². The van der Waals surface area contributed by atoms with Crippen LogP contribution < -0.4 is 10.6 Å². The smallest absolute Gasteiger partial charge is 0.325 e. The fraction of sp³-hybridized carbons (Fsp3) is 0.286. The number of amides is 4. The predicted molar refractivity (Wildman–Crippen MR) is 99.7 cm³/mol. The summed E-state index contributed by atoms with van der Waals surface area (Å²) in [5, 5.41) is 5.42. The summed E-state index contributed by atoms with van der Waals surface area (Å²) in [6, 6.07) is 11.7. The van der Waals surface area contributed by atoms with E-state index in [0.29, 0.717) is 24.0 Å². The fourth-order valence-electron chi connectivity index (χ4n) is 3.88. The number of imide groups is 1. The monoisotopic (exact) mass is 381 g/mol. The Kier molecular flexibility index (Phi) is 4.37. The van der Waals surface area contributed by atoms with Crippen LogP contribution in [-0.2, 0) is 28.1 Å². The number of carbonyl (C=O) groups is 3. The quantitative estimate of drug-likeness (QED) is 0.797. The van der Waals surface area contributed by atoms with Crippen molar-refractivity contribution < 1.29 is 18.8 Å². The third-order valence-corrected chi connectivity index (χ3v) is 5.45. The van der Waals surface area contributed by atoms with Crippen LogP contribution in [0.2, 0.25) is 0 Å². The van der Waals surface area contributed by atoms with E-state index in [1.54, 1.807) is 19.1 Å². The molecule has 4 rings (SSSR count). The maximum atomic E-state index is 13.6. The highest BCUT2D eigenvalue weighted by molar-refractivity contribution is 6.09. The SMILES string of the molecule is Cc1ccc(CNC(=O)CN2C(=O)NC3(CCc4ccccc43)C2=O)cc1F. The summed E-state index contributed by atoms with van der Waals surface area (Å²) in [5.41, 5.74) is 1.88. The number of aryl methyl sites for hydroxylation is 2. The minimum absolute atomic E-state index is 0.119. The Morgan fingerprint density at radius 3 is 2.82 bits per heavy atom. The Hall–Kier alpha value is -3.22. The second-order valence-corrected chi connectivity index (χ2v) is 7.24. The maximum absolute atomic E-state index is 13.6. The van der Waals surface area contributed by atoms with Crippen LogP contribution in [0.5, 0.6) is 0 Å². The van der Waals surface area contributed by atoms with Crippen molar-refractivity contribution in [1.29, 1.82) is 0 Å². The molecule has 2 aliphatic rings. The lowest BCUT2D eigenvalue weighted by molar-refractivity contribution is -0.135. The van der Waals surface area contributed by atoms with Gasteiger partial charge in [0.1, 0.15) is 17.9 Å². The molecule has 1 saturated heterocycles. The van der Waals surface area contributed by atoms with E-state index in [4.69, 9.17) is 0 Å². The van der Waals surface area contributed by atoms with Crippen molar-refractivity contribution >= 4 is 17.8 Å². The lowest BCUT2D eigenvalue weighted by Gasteiger charge is -2.22. The molecule has 0 aromatic heterocycles. The second-order valence-electron chi connectivity index (χ2n) is 7.24. The molecule has 0 bridgehead atoms. The summed E-state index contributed by atoms with van der Waals surface area (Å²) in [5.74, 6) is -1.23. The predicted octanol–water partition coefficient (Wildman–Crippen LogP) is 2.14. The Bertz CT molecular complexity index is 991. The van der Waals surface area contributed by atoms with Crippen LogP contribution in [0.25, 0.3) is 0 Å². The summed E-state index contributed by atoms with van der Waals surface area (Å²) in [6.07, 6.45) is 1.18. The molecule has 1 aliphatic heterocycles. The number of nitrogens with one attached hydrogen (secondary N) is 2. The average Bonchev–Trinajstić information content (AvgIpc) is 3.16. The van der Waals surface area contributed by atoms with Crippen LogP contribution in [0.4, 0.5) is 9.18 Å². The zero-order valence-electron chi connectivity index (χ0n) is 15.4. The molecule has 1 fully saturated rings. The molecule has 4 amide bonds. The van der Waals surface area contributed by atoms with Crippen LogP contribution >= 0.6 is 0 Å². The minimum atomic E-state index is -1.08. The van der Waals surface area contributed by atoms with Gasteiger partial charge in [0, 0.05) is 6.54 Å². The van der Waals surface area contributed by atoms with E-state index < -0.39 is 23.4 Å². The standard InChI is InChI=1S/C21H20FN3O3/c1-13-6-7-14(10-17(13)22)11-23-18(26)12-25-19(27)21(24-20(25)28)9-8-15-4-2-3-5-16(15)21/h2-7,10H,8-9,11-12H2,1H3,(H,23,26)(H,24,28). The third kappa shape index (κ3) is 2.93. The van der Waals surface area contributed by atoms with Gasteiger partial charge in [-0.3, -0.25) is 14.5 Å². The minimum Gasteiger partial charge on any atom is -0.350 e. The van der Waals surface area contributed by atoms with Crippen molar-refractivity contribution in [1.82, 2.24) is 15.5 Å². The van der Waals surface area contributed by atoms with E-state index in [-0.39, 0.29) is 18.9 Å². The number of fused-ring (bicyclic) bond motifs is 2. The summed E-state index contributed by atoms with van der Waals surface area (Å²) in [6.45, 7) is 1.41. The van der Waals surface area contributed by atoms with Crippen molar-refractivity contribution in [3.63, 3.8) is 0 Å². The Labute approximate surface area is 161 Å². The molecule has 7 heteroatoms. The summed E-state index contributed by atoms with van der Waals surface area (Å²) in [7, 11) is 0. The van der Waals surface area contributed by atoms with E-state index in [9.17, 15) is 18.8 Å². The van der Waals surface area contributed by atoms with Crippen LogP contribution in [0, 0.1) is 12.7 Å². The first-order valence-corrected chi connectivity index (χ1v) is 9.15. The van der Waals surface area contributed by atoms with E-state index in [2.05, 4.69) is 10.6 Å². The molecule has 1 heterocycles. The molecule has 0 radical (unpaired) electrons. The van der Waals surface area contributed by atoms with Crippen molar-refractivity contribution in [2.45, 2.75) is 31.8 Å². The number of halogens is 1. The fourth-order valence-corrected chi connectivity index (χ4v) is 3.88. The zero-order chi connectivity index (χ0) is 19.9. The van der Waals surface area contributed by atoms with Crippen molar-refractivity contribution in [2.75, 3.05) is 6.54 Å². The van der Waals surface area contributed by atoms with Crippen LogP contribution in [-0.4, -0.2) is 29.3 Å². The highest BCUT2D eigenvalue weighted by atomic mass is 19.1. The molecule has 1 aliphatic carbocycles. The molecule has 2 N–H and O–H groups in total.